The van der Waals surface area contributed by atoms with E-state index in [9.17, 15) is 0 Å². The van der Waals surface area contributed by atoms with Gasteiger partial charge in [-0.2, -0.15) is 0 Å². The summed E-state index contributed by atoms with van der Waals surface area (Å²) in [6, 6.07) is 1.69. The average molecular weight is 193 g/mol. The van der Waals surface area contributed by atoms with Crippen LogP contribution in [-0.2, 0) is 0 Å². The molecule has 0 fully saturated rings. The van der Waals surface area contributed by atoms with Crippen LogP contribution in [0.3, 0.4) is 0 Å². The maximum absolute atomic E-state index is 7.27. The van der Waals surface area contributed by atoms with Crippen molar-refractivity contribution in [3.63, 3.8) is 0 Å². The normalized spacial score (nSPS) is 9.86. The molecule has 5 heteroatoms. The second kappa shape index (κ2) is 4.55. The van der Waals surface area contributed by atoms with Gasteiger partial charge in [0.1, 0.15) is 23.2 Å². The molecule has 4 N–H and O–H groups in total. The number of nitrogens with zero attached hydrogens (tertiary/aromatic N) is 2. The molecule has 0 aliphatic heterocycles. The SMILES string of the molecule is CCCNc1cc(C(=N)N)nc(C)n1. The molecule has 0 saturated heterocycles. The molecule has 1 heterocycles. The predicted octanol–water partition coefficient (Wildman–Crippen LogP) is 0.891. The maximum atomic E-state index is 7.27. The number of aryl methyl sites for hydroxylation is 1. The van der Waals surface area contributed by atoms with Crippen LogP contribution in [0.4, 0.5) is 5.82 Å². The summed E-state index contributed by atoms with van der Waals surface area (Å²) in [5.74, 6) is 1.32. The first kappa shape index (κ1) is 10.4. The van der Waals surface area contributed by atoms with E-state index >= 15 is 0 Å². The highest BCUT2D eigenvalue weighted by Crippen LogP contribution is 2.05. The zero-order chi connectivity index (χ0) is 10.6. The Morgan fingerprint density at radius 2 is 2.29 bits per heavy atom. The van der Waals surface area contributed by atoms with E-state index in [0.717, 1.165) is 18.8 Å². The number of nitrogens with two attached hydrogens (primary N) is 1. The maximum Gasteiger partial charge on any atom is 0.142 e. The van der Waals surface area contributed by atoms with Gasteiger partial charge in [-0.3, -0.25) is 5.41 Å². The summed E-state index contributed by atoms with van der Waals surface area (Å²) in [5.41, 5.74) is 5.81. The summed E-state index contributed by atoms with van der Waals surface area (Å²) in [5, 5.41) is 10.4. The van der Waals surface area contributed by atoms with E-state index in [1.807, 2.05) is 0 Å². The third-order valence-corrected chi connectivity index (χ3v) is 1.67. The van der Waals surface area contributed by atoms with Crippen molar-refractivity contribution in [2.75, 3.05) is 11.9 Å². The van der Waals surface area contributed by atoms with E-state index in [4.69, 9.17) is 11.1 Å². The van der Waals surface area contributed by atoms with Crippen molar-refractivity contribution in [1.29, 1.82) is 5.41 Å². The van der Waals surface area contributed by atoms with Crippen LogP contribution in [0.1, 0.15) is 24.9 Å². The fourth-order valence-electron chi connectivity index (χ4n) is 1.05. The number of hydrogen-bond donors (Lipinski definition) is 3. The molecule has 0 unspecified atom stereocenters. The van der Waals surface area contributed by atoms with Gasteiger partial charge in [0, 0.05) is 12.6 Å². The van der Waals surface area contributed by atoms with Crippen LogP contribution in [0.15, 0.2) is 6.07 Å². The highest BCUT2D eigenvalue weighted by molar-refractivity contribution is 5.93. The van der Waals surface area contributed by atoms with Gasteiger partial charge in [0.2, 0.25) is 0 Å². The number of rotatable bonds is 4. The quantitative estimate of drug-likeness (QED) is 0.489. The Morgan fingerprint density at radius 1 is 1.57 bits per heavy atom. The minimum atomic E-state index is -0.0324. The van der Waals surface area contributed by atoms with Gasteiger partial charge in [0.15, 0.2) is 0 Å². The Bertz CT molecular complexity index is 334. The number of hydrogen-bond acceptors (Lipinski definition) is 4. The second-order valence-electron chi connectivity index (χ2n) is 3.03. The molecule has 0 saturated carbocycles. The first-order valence-electron chi connectivity index (χ1n) is 4.57. The van der Waals surface area contributed by atoms with Crippen LogP contribution >= 0.6 is 0 Å². The van der Waals surface area contributed by atoms with Crippen molar-refractivity contribution in [1.82, 2.24) is 9.97 Å². The Hall–Kier alpha value is -1.65. The summed E-state index contributed by atoms with van der Waals surface area (Å²) in [4.78, 5) is 8.22. The van der Waals surface area contributed by atoms with E-state index in [1.54, 1.807) is 13.0 Å². The molecule has 1 aromatic rings. The Kier molecular flexibility index (Phi) is 3.39. The lowest BCUT2D eigenvalue weighted by atomic mass is 10.3. The van der Waals surface area contributed by atoms with Gasteiger partial charge in [-0.1, -0.05) is 6.92 Å². The standard InChI is InChI=1S/C9H15N5/c1-3-4-12-8-5-7(9(10)11)13-6(2)14-8/h5H,3-4H2,1-2H3,(H3,10,11)(H,12,13,14). The topological polar surface area (TPSA) is 87.7 Å². The number of amidine groups is 1. The molecule has 5 nitrogen and oxygen atoms in total. The molecular weight excluding hydrogens is 178 g/mol. The van der Waals surface area contributed by atoms with Gasteiger partial charge in [-0.05, 0) is 13.3 Å². The van der Waals surface area contributed by atoms with Gasteiger partial charge < -0.3 is 11.1 Å². The smallest absolute Gasteiger partial charge is 0.142 e. The van der Waals surface area contributed by atoms with Crippen LogP contribution in [0, 0.1) is 12.3 Å². The van der Waals surface area contributed by atoms with E-state index in [0.29, 0.717) is 11.5 Å². The van der Waals surface area contributed by atoms with E-state index in [1.165, 1.54) is 0 Å². The van der Waals surface area contributed by atoms with Crippen molar-refractivity contribution in [3.8, 4) is 0 Å². The fourth-order valence-corrected chi connectivity index (χ4v) is 1.05. The second-order valence-corrected chi connectivity index (χ2v) is 3.03. The number of nitrogen functional groups attached to an aromatic ring is 1. The molecule has 1 aromatic heterocycles. The molecule has 0 spiro atoms. The molecule has 14 heavy (non-hydrogen) atoms. The summed E-state index contributed by atoms with van der Waals surface area (Å²) >= 11 is 0. The molecule has 0 amide bonds. The predicted molar refractivity (Wildman–Crippen MR) is 56.6 cm³/mol. The van der Waals surface area contributed by atoms with Gasteiger partial charge in [0.05, 0.1) is 0 Å². The first-order valence-corrected chi connectivity index (χ1v) is 4.57. The number of anilines is 1. The van der Waals surface area contributed by atoms with Crippen molar-refractivity contribution >= 4 is 11.7 Å². The van der Waals surface area contributed by atoms with Crippen LogP contribution in [0.25, 0.3) is 0 Å². The molecule has 0 atom stereocenters. The van der Waals surface area contributed by atoms with Crippen LogP contribution in [-0.4, -0.2) is 22.3 Å². The lowest BCUT2D eigenvalue weighted by Gasteiger charge is -2.06. The summed E-state index contributed by atoms with van der Waals surface area (Å²) in [6.07, 6.45) is 1.03. The molecule has 0 aromatic carbocycles. The molecular formula is C9H15N5. The number of nitrogens with one attached hydrogen (secondary N) is 2. The molecule has 1 rings (SSSR count). The fraction of sp³-hybridized carbons (Fsp3) is 0.444. The van der Waals surface area contributed by atoms with Crippen molar-refractivity contribution in [2.24, 2.45) is 5.73 Å². The summed E-state index contributed by atoms with van der Waals surface area (Å²) < 4.78 is 0. The minimum absolute atomic E-state index is 0.0324. The highest BCUT2D eigenvalue weighted by Gasteiger charge is 2.03. The molecule has 0 radical (unpaired) electrons. The monoisotopic (exact) mass is 193 g/mol. The Balaban J connectivity index is 2.89. The van der Waals surface area contributed by atoms with Crippen molar-refractivity contribution in [3.05, 3.63) is 17.6 Å². The summed E-state index contributed by atoms with van der Waals surface area (Å²) in [6.45, 7) is 4.71. The largest absolute Gasteiger partial charge is 0.382 e. The molecule has 0 bridgehead atoms. The van der Waals surface area contributed by atoms with Crippen LogP contribution < -0.4 is 11.1 Å². The molecule has 76 valence electrons. The summed E-state index contributed by atoms with van der Waals surface area (Å²) in [7, 11) is 0. The zero-order valence-electron chi connectivity index (χ0n) is 8.46. The Labute approximate surface area is 83.3 Å². The van der Waals surface area contributed by atoms with E-state index < -0.39 is 0 Å². The van der Waals surface area contributed by atoms with Gasteiger partial charge in [-0.15, -0.1) is 0 Å². The van der Waals surface area contributed by atoms with Gasteiger partial charge in [-0.25, -0.2) is 9.97 Å². The lowest BCUT2D eigenvalue weighted by Crippen LogP contribution is -2.15. The Morgan fingerprint density at radius 3 is 2.86 bits per heavy atom. The zero-order valence-corrected chi connectivity index (χ0v) is 8.46. The third kappa shape index (κ3) is 2.69. The lowest BCUT2D eigenvalue weighted by molar-refractivity contribution is 0.951. The minimum Gasteiger partial charge on any atom is -0.382 e. The van der Waals surface area contributed by atoms with E-state index in [2.05, 4.69) is 22.2 Å². The highest BCUT2D eigenvalue weighted by atomic mass is 15.0. The first-order chi connectivity index (χ1) is 6.63. The number of aromatic nitrogens is 2. The molecule has 0 aliphatic rings. The van der Waals surface area contributed by atoms with Crippen molar-refractivity contribution in [2.45, 2.75) is 20.3 Å². The third-order valence-electron chi connectivity index (χ3n) is 1.67. The van der Waals surface area contributed by atoms with Crippen LogP contribution in [0.5, 0.6) is 0 Å². The van der Waals surface area contributed by atoms with E-state index in [-0.39, 0.29) is 5.84 Å². The van der Waals surface area contributed by atoms with Crippen LogP contribution in [0.2, 0.25) is 0 Å². The average Bonchev–Trinajstić information content (AvgIpc) is 2.14. The van der Waals surface area contributed by atoms with Gasteiger partial charge >= 0.3 is 0 Å². The van der Waals surface area contributed by atoms with Crippen molar-refractivity contribution < 1.29 is 0 Å². The molecule has 0 aliphatic carbocycles. The van der Waals surface area contributed by atoms with Gasteiger partial charge in [0.25, 0.3) is 0 Å².